The van der Waals surface area contributed by atoms with Crippen molar-refractivity contribution in [3.8, 4) is 5.75 Å². The van der Waals surface area contributed by atoms with Crippen LogP contribution < -0.4 is 10.1 Å². The van der Waals surface area contributed by atoms with Crippen molar-refractivity contribution in [3.05, 3.63) is 24.3 Å². The van der Waals surface area contributed by atoms with E-state index in [2.05, 4.69) is 12.2 Å². The number of rotatable bonds is 8. The van der Waals surface area contributed by atoms with Gasteiger partial charge in [-0.1, -0.05) is 27.2 Å². The highest BCUT2D eigenvalue weighted by Crippen LogP contribution is 2.18. The zero-order chi connectivity index (χ0) is 14.1. The van der Waals surface area contributed by atoms with Crippen LogP contribution in [0, 0.1) is 5.92 Å². The molecule has 0 aliphatic heterocycles. The molecular weight excluding hydrogens is 238 g/mol. The third-order valence-corrected chi connectivity index (χ3v) is 3.25. The summed E-state index contributed by atoms with van der Waals surface area (Å²) >= 11 is 0. The molecule has 1 aromatic rings. The van der Waals surface area contributed by atoms with Gasteiger partial charge < -0.3 is 10.1 Å². The highest BCUT2D eigenvalue weighted by molar-refractivity contribution is 5.75. The lowest BCUT2D eigenvalue weighted by molar-refractivity contribution is -0.139. The number of unbranched alkanes of at least 4 members (excludes halogenated alkanes) is 1. The lowest BCUT2D eigenvalue weighted by Crippen LogP contribution is -2.19. The minimum atomic E-state index is -0.128. The van der Waals surface area contributed by atoms with Crippen molar-refractivity contribution in [1.29, 1.82) is 0 Å². The predicted molar refractivity (Wildman–Crippen MR) is 79.5 cm³/mol. The van der Waals surface area contributed by atoms with Gasteiger partial charge >= 0.3 is 5.97 Å². The maximum absolute atomic E-state index is 11.8. The molecule has 0 aliphatic rings. The fourth-order valence-corrected chi connectivity index (χ4v) is 1.87. The highest BCUT2D eigenvalue weighted by Gasteiger charge is 2.16. The summed E-state index contributed by atoms with van der Waals surface area (Å²) in [6.45, 7) is 7.16. The standard InChI is InChI=1S/C16H25NO2/c1-4-7-12-17-14-8-10-15(11-9-14)19-16(18)13(5-2)6-3/h8-11,13,17H,4-7,12H2,1-3H3. The molecule has 1 rings (SSSR count). The van der Waals surface area contributed by atoms with Crippen LogP contribution in [0.15, 0.2) is 24.3 Å². The van der Waals surface area contributed by atoms with E-state index in [0.717, 1.165) is 31.5 Å². The van der Waals surface area contributed by atoms with Crippen LogP contribution in [-0.4, -0.2) is 12.5 Å². The van der Waals surface area contributed by atoms with E-state index in [0.29, 0.717) is 5.75 Å². The molecule has 3 nitrogen and oxygen atoms in total. The molecule has 3 heteroatoms. The molecule has 0 aromatic heterocycles. The zero-order valence-electron chi connectivity index (χ0n) is 12.2. The Morgan fingerprint density at radius 1 is 1.16 bits per heavy atom. The SMILES string of the molecule is CCCCNc1ccc(OC(=O)C(CC)CC)cc1. The molecule has 0 fully saturated rings. The van der Waals surface area contributed by atoms with Gasteiger partial charge in [-0.2, -0.15) is 0 Å². The minimum absolute atomic E-state index is 0.00218. The molecule has 0 spiro atoms. The van der Waals surface area contributed by atoms with Crippen LogP contribution in [0.25, 0.3) is 0 Å². The molecular formula is C16H25NO2. The van der Waals surface area contributed by atoms with Crippen molar-refractivity contribution in [2.24, 2.45) is 5.92 Å². The molecule has 0 unspecified atom stereocenters. The third kappa shape index (κ3) is 5.33. The second-order valence-electron chi connectivity index (χ2n) is 4.74. The van der Waals surface area contributed by atoms with Crippen LogP contribution in [0.3, 0.4) is 0 Å². The van der Waals surface area contributed by atoms with E-state index in [1.807, 2.05) is 38.1 Å². The Kier molecular flexibility index (Phi) is 7.01. The first-order valence-corrected chi connectivity index (χ1v) is 7.26. The van der Waals surface area contributed by atoms with Crippen LogP contribution >= 0.6 is 0 Å². The summed E-state index contributed by atoms with van der Waals surface area (Å²) in [5, 5.41) is 3.33. The summed E-state index contributed by atoms with van der Waals surface area (Å²) in [7, 11) is 0. The van der Waals surface area contributed by atoms with Gasteiger partial charge in [-0.15, -0.1) is 0 Å². The number of nitrogens with one attached hydrogen (secondary N) is 1. The summed E-state index contributed by atoms with van der Waals surface area (Å²) in [6.07, 6.45) is 3.99. The number of ether oxygens (including phenoxy) is 1. The third-order valence-electron chi connectivity index (χ3n) is 3.25. The van der Waals surface area contributed by atoms with Crippen molar-refractivity contribution in [2.75, 3.05) is 11.9 Å². The van der Waals surface area contributed by atoms with Gasteiger partial charge in [-0.25, -0.2) is 0 Å². The van der Waals surface area contributed by atoms with Crippen molar-refractivity contribution < 1.29 is 9.53 Å². The normalized spacial score (nSPS) is 10.5. The highest BCUT2D eigenvalue weighted by atomic mass is 16.5. The molecule has 1 N–H and O–H groups in total. The number of hydrogen-bond acceptors (Lipinski definition) is 3. The molecule has 19 heavy (non-hydrogen) atoms. The number of hydrogen-bond donors (Lipinski definition) is 1. The second-order valence-corrected chi connectivity index (χ2v) is 4.74. The average molecular weight is 263 g/mol. The smallest absolute Gasteiger partial charge is 0.314 e. The minimum Gasteiger partial charge on any atom is -0.426 e. The molecule has 0 saturated heterocycles. The van der Waals surface area contributed by atoms with Crippen molar-refractivity contribution in [1.82, 2.24) is 0 Å². The molecule has 0 saturated carbocycles. The summed E-state index contributed by atoms with van der Waals surface area (Å²) in [6, 6.07) is 7.58. The van der Waals surface area contributed by atoms with Crippen LogP contribution in [0.5, 0.6) is 5.75 Å². The number of anilines is 1. The fraction of sp³-hybridized carbons (Fsp3) is 0.562. The quantitative estimate of drug-likeness (QED) is 0.433. The summed E-state index contributed by atoms with van der Waals surface area (Å²) in [5.41, 5.74) is 1.07. The van der Waals surface area contributed by atoms with Gasteiger partial charge in [0, 0.05) is 12.2 Å². The first-order valence-electron chi connectivity index (χ1n) is 7.26. The Bertz CT molecular complexity index is 369. The van der Waals surface area contributed by atoms with Crippen LogP contribution in [-0.2, 0) is 4.79 Å². The molecule has 1 aromatic carbocycles. The first-order chi connectivity index (χ1) is 9.21. The predicted octanol–water partition coefficient (Wildman–Crippen LogP) is 4.24. The molecule has 0 radical (unpaired) electrons. The molecule has 0 heterocycles. The number of esters is 1. The van der Waals surface area contributed by atoms with E-state index < -0.39 is 0 Å². The van der Waals surface area contributed by atoms with E-state index in [1.54, 1.807) is 0 Å². The molecule has 0 amide bonds. The summed E-state index contributed by atoms with van der Waals surface area (Å²) < 4.78 is 5.37. The largest absolute Gasteiger partial charge is 0.426 e. The van der Waals surface area contributed by atoms with E-state index in [4.69, 9.17) is 4.74 Å². The Balaban J connectivity index is 2.49. The summed E-state index contributed by atoms with van der Waals surface area (Å²) in [5.74, 6) is 0.497. The van der Waals surface area contributed by atoms with Gasteiger partial charge in [0.2, 0.25) is 0 Å². The van der Waals surface area contributed by atoms with E-state index >= 15 is 0 Å². The molecule has 106 valence electrons. The van der Waals surface area contributed by atoms with E-state index in [1.165, 1.54) is 6.42 Å². The Morgan fingerprint density at radius 3 is 2.32 bits per heavy atom. The fourth-order valence-electron chi connectivity index (χ4n) is 1.87. The zero-order valence-corrected chi connectivity index (χ0v) is 12.2. The molecule has 0 atom stereocenters. The Labute approximate surface area is 116 Å². The average Bonchev–Trinajstić information content (AvgIpc) is 2.42. The van der Waals surface area contributed by atoms with Gasteiger partial charge in [0.25, 0.3) is 0 Å². The van der Waals surface area contributed by atoms with Crippen LogP contribution in [0.1, 0.15) is 46.5 Å². The molecule has 0 bridgehead atoms. The van der Waals surface area contributed by atoms with Gasteiger partial charge in [0.15, 0.2) is 0 Å². The van der Waals surface area contributed by atoms with Crippen LogP contribution in [0.2, 0.25) is 0 Å². The lowest BCUT2D eigenvalue weighted by Gasteiger charge is -2.12. The van der Waals surface area contributed by atoms with Crippen molar-refractivity contribution >= 4 is 11.7 Å². The van der Waals surface area contributed by atoms with Gasteiger partial charge in [0.05, 0.1) is 5.92 Å². The topological polar surface area (TPSA) is 38.3 Å². The number of carbonyl (C=O) groups excluding carboxylic acids is 1. The lowest BCUT2D eigenvalue weighted by atomic mass is 10.0. The van der Waals surface area contributed by atoms with Crippen LogP contribution in [0.4, 0.5) is 5.69 Å². The van der Waals surface area contributed by atoms with Gasteiger partial charge in [0.1, 0.15) is 5.75 Å². The van der Waals surface area contributed by atoms with Crippen molar-refractivity contribution in [2.45, 2.75) is 46.5 Å². The van der Waals surface area contributed by atoms with E-state index in [9.17, 15) is 4.79 Å². The second kappa shape index (κ2) is 8.57. The van der Waals surface area contributed by atoms with Gasteiger partial charge in [-0.05, 0) is 43.5 Å². The maximum atomic E-state index is 11.8. The van der Waals surface area contributed by atoms with Crippen molar-refractivity contribution in [3.63, 3.8) is 0 Å². The number of carbonyl (C=O) groups is 1. The maximum Gasteiger partial charge on any atom is 0.314 e. The monoisotopic (exact) mass is 263 g/mol. The Morgan fingerprint density at radius 2 is 1.79 bits per heavy atom. The number of benzene rings is 1. The Hall–Kier alpha value is -1.51. The summed E-state index contributed by atoms with van der Waals surface area (Å²) in [4.78, 5) is 11.8. The molecule has 0 aliphatic carbocycles. The van der Waals surface area contributed by atoms with E-state index in [-0.39, 0.29) is 11.9 Å². The van der Waals surface area contributed by atoms with Gasteiger partial charge in [-0.3, -0.25) is 4.79 Å². The first kappa shape index (κ1) is 15.5.